The Hall–Kier alpha value is -1.84. The SMILES string of the molecule is CCCCNC(=O)[C@H](CC)N(Cc1c(Cl)cccc1Cl)C(=O)CN(C)S(=O)(=O)c1ccc(Cl)cc1. The lowest BCUT2D eigenvalue weighted by Crippen LogP contribution is -2.51. The van der Waals surface area contributed by atoms with Crippen LogP contribution >= 0.6 is 34.8 Å². The molecule has 0 aromatic heterocycles. The molecule has 0 heterocycles. The van der Waals surface area contributed by atoms with Crippen molar-refractivity contribution >= 4 is 56.6 Å². The first-order valence-corrected chi connectivity index (χ1v) is 13.8. The number of hydrogen-bond acceptors (Lipinski definition) is 4. The lowest BCUT2D eigenvalue weighted by Gasteiger charge is -2.32. The highest BCUT2D eigenvalue weighted by Gasteiger charge is 2.32. The number of unbranched alkanes of at least 4 members (excludes halogenated alkanes) is 1. The van der Waals surface area contributed by atoms with Crippen LogP contribution in [-0.4, -0.2) is 55.6 Å². The van der Waals surface area contributed by atoms with Crippen molar-refractivity contribution in [2.75, 3.05) is 20.1 Å². The number of amides is 2. The third kappa shape index (κ3) is 7.82. The molecule has 2 amide bonds. The largest absolute Gasteiger partial charge is 0.354 e. The van der Waals surface area contributed by atoms with Crippen LogP contribution < -0.4 is 5.32 Å². The van der Waals surface area contributed by atoms with Crippen LogP contribution in [0.15, 0.2) is 47.4 Å². The van der Waals surface area contributed by atoms with Crippen LogP contribution in [0.25, 0.3) is 0 Å². The van der Waals surface area contributed by atoms with Gasteiger partial charge in [-0.1, -0.05) is 61.1 Å². The molecule has 0 spiro atoms. The van der Waals surface area contributed by atoms with Crippen molar-refractivity contribution in [3.63, 3.8) is 0 Å². The van der Waals surface area contributed by atoms with Crippen molar-refractivity contribution in [2.24, 2.45) is 0 Å². The third-order valence-corrected chi connectivity index (χ3v) is 8.26. The molecule has 0 saturated heterocycles. The minimum absolute atomic E-state index is 0.00208. The van der Waals surface area contributed by atoms with Crippen LogP contribution in [0.4, 0.5) is 0 Å². The Morgan fingerprint density at radius 1 is 1.00 bits per heavy atom. The van der Waals surface area contributed by atoms with Gasteiger partial charge in [0.2, 0.25) is 21.8 Å². The van der Waals surface area contributed by atoms with Crippen LogP contribution in [-0.2, 0) is 26.2 Å². The third-order valence-electron chi connectivity index (χ3n) is 5.49. The van der Waals surface area contributed by atoms with Gasteiger partial charge in [-0.15, -0.1) is 0 Å². The van der Waals surface area contributed by atoms with Crippen LogP contribution in [0.2, 0.25) is 15.1 Å². The molecule has 1 N–H and O–H groups in total. The molecule has 35 heavy (non-hydrogen) atoms. The molecule has 0 aliphatic carbocycles. The van der Waals surface area contributed by atoms with E-state index in [4.69, 9.17) is 34.8 Å². The molecule has 2 aromatic rings. The van der Waals surface area contributed by atoms with E-state index in [2.05, 4.69) is 5.32 Å². The van der Waals surface area contributed by atoms with Gasteiger partial charge in [-0.3, -0.25) is 9.59 Å². The second kappa shape index (κ2) is 13.5. The zero-order chi connectivity index (χ0) is 26.2. The fourth-order valence-corrected chi connectivity index (χ4v) is 5.20. The molecule has 2 aromatic carbocycles. The van der Waals surface area contributed by atoms with Gasteiger partial charge in [0.1, 0.15) is 6.04 Å². The highest BCUT2D eigenvalue weighted by atomic mass is 35.5. The van der Waals surface area contributed by atoms with Crippen molar-refractivity contribution in [3.8, 4) is 0 Å². The first kappa shape index (κ1) is 29.4. The number of hydrogen-bond donors (Lipinski definition) is 1. The van der Waals surface area contributed by atoms with Gasteiger partial charge in [-0.25, -0.2) is 8.42 Å². The Balaban J connectivity index is 2.35. The molecule has 0 aliphatic rings. The first-order valence-electron chi connectivity index (χ1n) is 11.2. The fraction of sp³-hybridized carbons (Fsp3) is 0.417. The van der Waals surface area contributed by atoms with Gasteiger partial charge in [-0.05, 0) is 49.2 Å². The van der Waals surface area contributed by atoms with E-state index in [1.807, 2.05) is 6.92 Å². The average Bonchev–Trinajstić information content (AvgIpc) is 2.81. The summed E-state index contributed by atoms with van der Waals surface area (Å²) < 4.78 is 27.0. The molecule has 0 fully saturated rings. The molecule has 1 atom stereocenters. The molecular formula is C24H30Cl3N3O4S. The molecule has 0 radical (unpaired) electrons. The molecule has 7 nitrogen and oxygen atoms in total. The Morgan fingerprint density at radius 2 is 1.60 bits per heavy atom. The second-order valence-electron chi connectivity index (χ2n) is 8.01. The fourth-order valence-electron chi connectivity index (χ4n) is 3.43. The summed E-state index contributed by atoms with van der Waals surface area (Å²) in [4.78, 5) is 27.8. The summed E-state index contributed by atoms with van der Waals surface area (Å²) >= 11 is 18.5. The topological polar surface area (TPSA) is 86.8 Å². The molecule has 11 heteroatoms. The summed E-state index contributed by atoms with van der Waals surface area (Å²) in [7, 11) is -2.66. The van der Waals surface area contributed by atoms with E-state index in [0.717, 1.165) is 17.1 Å². The zero-order valence-corrected chi connectivity index (χ0v) is 23.0. The number of halogens is 3. The van der Waals surface area contributed by atoms with Crippen molar-refractivity contribution in [1.82, 2.24) is 14.5 Å². The number of nitrogens with zero attached hydrogens (tertiary/aromatic N) is 2. The number of carbonyl (C=O) groups is 2. The molecule has 0 saturated carbocycles. The van der Waals surface area contributed by atoms with Crippen LogP contribution in [0.3, 0.4) is 0 Å². The van der Waals surface area contributed by atoms with Gasteiger partial charge in [0, 0.05) is 40.8 Å². The number of rotatable bonds is 12. The van der Waals surface area contributed by atoms with E-state index < -0.39 is 28.5 Å². The van der Waals surface area contributed by atoms with Gasteiger partial charge < -0.3 is 10.2 Å². The van der Waals surface area contributed by atoms with Gasteiger partial charge in [0.25, 0.3) is 0 Å². The number of nitrogens with one attached hydrogen (secondary N) is 1. The Kier molecular flexibility index (Phi) is 11.3. The monoisotopic (exact) mass is 561 g/mol. The molecule has 0 bridgehead atoms. The molecule has 192 valence electrons. The van der Waals surface area contributed by atoms with Gasteiger partial charge in [-0.2, -0.15) is 4.31 Å². The number of likely N-dealkylation sites (N-methyl/N-ethyl adjacent to an activating group) is 1. The molecule has 2 rings (SSSR count). The molecule has 0 aliphatic heterocycles. The Labute approximate surface area is 222 Å². The van der Waals surface area contributed by atoms with Crippen LogP contribution in [0, 0.1) is 0 Å². The maximum atomic E-state index is 13.5. The van der Waals surface area contributed by atoms with Gasteiger partial charge >= 0.3 is 0 Å². The van der Waals surface area contributed by atoms with E-state index in [9.17, 15) is 18.0 Å². The maximum Gasteiger partial charge on any atom is 0.243 e. The summed E-state index contributed by atoms with van der Waals surface area (Å²) in [6, 6.07) is 9.80. The van der Waals surface area contributed by atoms with Crippen LogP contribution in [0.1, 0.15) is 38.7 Å². The van der Waals surface area contributed by atoms with Gasteiger partial charge in [0.05, 0.1) is 11.4 Å². The second-order valence-corrected chi connectivity index (χ2v) is 11.3. The summed E-state index contributed by atoms with van der Waals surface area (Å²) in [5, 5.41) is 3.94. The molecule has 0 unspecified atom stereocenters. The van der Waals surface area contributed by atoms with Gasteiger partial charge in [0.15, 0.2) is 0 Å². The summed E-state index contributed by atoms with van der Waals surface area (Å²) in [6.45, 7) is 3.74. The normalized spacial score (nSPS) is 12.4. The van der Waals surface area contributed by atoms with E-state index in [0.29, 0.717) is 33.6 Å². The predicted octanol–water partition coefficient (Wildman–Crippen LogP) is 4.99. The lowest BCUT2D eigenvalue weighted by atomic mass is 10.1. The maximum absolute atomic E-state index is 13.5. The quantitative estimate of drug-likeness (QED) is 0.369. The predicted molar refractivity (Wildman–Crippen MR) is 140 cm³/mol. The highest BCUT2D eigenvalue weighted by molar-refractivity contribution is 7.89. The van der Waals surface area contributed by atoms with Crippen molar-refractivity contribution in [1.29, 1.82) is 0 Å². The molecular weight excluding hydrogens is 533 g/mol. The van der Waals surface area contributed by atoms with E-state index in [1.54, 1.807) is 25.1 Å². The Morgan fingerprint density at radius 3 is 2.14 bits per heavy atom. The number of sulfonamides is 1. The summed E-state index contributed by atoms with van der Waals surface area (Å²) in [5.74, 6) is -0.876. The smallest absolute Gasteiger partial charge is 0.243 e. The number of benzene rings is 2. The zero-order valence-electron chi connectivity index (χ0n) is 19.9. The van der Waals surface area contributed by atoms with Crippen molar-refractivity contribution in [3.05, 3.63) is 63.1 Å². The average molecular weight is 563 g/mol. The van der Waals surface area contributed by atoms with Crippen molar-refractivity contribution < 1.29 is 18.0 Å². The van der Waals surface area contributed by atoms with Crippen molar-refractivity contribution in [2.45, 2.75) is 50.6 Å². The lowest BCUT2D eigenvalue weighted by molar-refractivity contribution is -0.141. The minimum Gasteiger partial charge on any atom is -0.354 e. The standard InChI is InChI=1S/C24H30Cl3N3O4S/c1-4-6-14-28-24(32)22(5-2)30(15-19-20(26)8-7-9-21(19)27)23(31)16-29(3)35(33,34)18-12-10-17(25)11-13-18/h7-13,22H,4-6,14-16H2,1-3H3,(H,28,32)/t22-/m0/s1. The van der Waals surface area contributed by atoms with E-state index >= 15 is 0 Å². The Bertz CT molecular complexity index is 1110. The minimum atomic E-state index is -3.97. The highest BCUT2D eigenvalue weighted by Crippen LogP contribution is 2.27. The number of carbonyl (C=O) groups excluding carboxylic acids is 2. The summed E-state index contributed by atoms with van der Waals surface area (Å²) in [6.07, 6.45) is 2.02. The van der Waals surface area contributed by atoms with E-state index in [-0.39, 0.29) is 17.3 Å². The van der Waals surface area contributed by atoms with Crippen LogP contribution in [0.5, 0.6) is 0 Å². The first-order chi connectivity index (χ1) is 16.5. The summed E-state index contributed by atoms with van der Waals surface area (Å²) in [5.41, 5.74) is 0.479. The van der Waals surface area contributed by atoms with E-state index in [1.165, 1.54) is 36.2 Å².